The van der Waals surface area contributed by atoms with Gasteiger partial charge in [-0.15, -0.1) is 0 Å². The fraction of sp³-hybridized carbons (Fsp3) is 0.133. The van der Waals surface area contributed by atoms with Crippen LogP contribution in [-0.4, -0.2) is 12.0 Å². The number of nitrogens with one attached hydrogen (secondary N) is 1. The lowest BCUT2D eigenvalue weighted by Crippen LogP contribution is -2.30. The average molecular weight is 294 g/mol. The second-order valence-electron chi connectivity index (χ2n) is 4.19. The third kappa shape index (κ3) is 3.71. The van der Waals surface area contributed by atoms with E-state index in [-0.39, 0.29) is 11.7 Å². The van der Waals surface area contributed by atoms with Crippen LogP contribution in [0.3, 0.4) is 0 Å². The van der Waals surface area contributed by atoms with Crippen molar-refractivity contribution in [2.24, 2.45) is 0 Å². The Balaban J connectivity index is 2.01. The molecule has 0 saturated heterocycles. The molecule has 0 spiro atoms. The summed E-state index contributed by atoms with van der Waals surface area (Å²) in [5, 5.41) is 3.17. The predicted octanol–water partition coefficient (Wildman–Crippen LogP) is 3.89. The molecular formula is C15H13ClFNO2. The summed E-state index contributed by atoms with van der Waals surface area (Å²) in [6.45, 7) is 1.55. The predicted molar refractivity (Wildman–Crippen MR) is 76.6 cm³/mol. The van der Waals surface area contributed by atoms with Crippen LogP contribution in [0.25, 0.3) is 0 Å². The van der Waals surface area contributed by atoms with E-state index < -0.39 is 11.9 Å². The van der Waals surface area contributed by atoms with Crippen molar-refractivity contribution in [2.45, 2.75) is 13.0 Å². The molecule has 3 nitrogen and oxygen atoms in total. The Labute approximate surface area is 121 Å². The fourth-order valence-corrected chi connectivity index (χ4v) is 1.78. The Kier molecular flexibility index (Phi) is 4.58. The molecule has 2 aromatic carbocycles. The lowest BCUT2D eigenvalue weighted by molar-refractivity contribution is -0.122. The van der Waals surface area contributed by atoms with Gasteiger partial charge in [0.05, 0.1) is 0 Å². The van der Waals surface area contributed by atoms with Crippen LogP contribution in [0, 0.1) is 5.82 Å². The molecule has 0 radical (unpaired) electrons. The second kappa shape index (κ2) is 6.39. The molecule has 1 N–H and O–H groups in total. The van der Waals surface area contributed by atoms with Crippen LogP contribution in [0.2, 0.25) is 5.02 Å². The zero-order chi connectivity index (χ0) is 14.5. The fourth-order valence-electron chi connectivity index (χ4n) is 1.59. The van der Waals surface area contributed by atoms with E-state index in [1.165, 1.54) is 12.1 Å². The molecule has 0 saturated carbocycles. The van der Waals surface area contributed by atoms with E-state index in [4.69, 9.17) is 16.3 Å². The van der Waals surface area contributed by atoms with Crippen molar-refractivity contribution < 1.29 is 13.9 Å². The normalized spacial score (nSPS) is 11.8. The van der Waals surface area contributed by atoms with Crippen molar-refractivity contribution in [3.8, 4) is 5.75 Å². The maximum atomic E-state index is 13.4. The average Bonchev–Trinajstić information content (AvgIpc) is 2.41. The van der Waals surface area contributed by atoms with Gasteiger partial charge in [0.2, 0.25) is 0 Å². The number of carbonyl (C=O) groups is 1. The highest BCUT2D eigenvalue weighted by molar-refractivity contribution is 6.30. The van der Waals surface area contributed by atoms with Crippen LogP contribution in [0.4, 0.5) is 10.1 Å². The van der Waals surface area contributed by atoms with Gasteiger partial charge in [0.25, 0.3) is 5.91 Å². The minimum atomic E-state index is -0.828. The number of hydrogen-bond donors (Lipinski definition) is 1. The topological polar surface area (TPSA) is 38.3 Å². The van der Waals surface area contributed by atoms with E-state index in [1.807, 2.05) is 0 Å². The van der Waals surface area contributed by atoms with Crippen molar-refractivity contribution >= 4 is 23.2 Å². The first kappa shape index (κ1) is 14.3. The van der Waals surface area contributed by atoms with Gasteiger partial charge in [0.15, 0.2) is 17.7 Å². The Hall–Kier alpha value is -2.07. The number of hydrogen-bond acceptors (Lipinski definition) is 2. The monoisotopic (exact) mass is 293 g/mol. The zero-order valence-corrected chi connectivity index (χ0v) is 11.5. The third-order valence-electron chi connectivity index (χ3n) is 2.60. The SMILES string of the molecule is C[C@H](Oc1ccccc1F)C(=O)Nc1cccc(Cl)c1. The summed E-state index contributed by atoms with van der Waals surface area (Å²) < 4.78 is 18.7. The first-order valence-electron chi connectivity index (χ1n) is 6.04. The molecule has 0 fully saturated rings. The van der Waals surface area contributed by atoms with E-state index in [0.29, 0.717) is 10.7 Å². The van der Waals surface area contributed by atoms with Gasteiger partial charge >= 0.3 is 0 Å². The molecule has 104 valence electrons. The van der Waals surface area contributed by atoms with Crippen molar-refractivity contribution in [1.82, 2.24) is 0 Å². The van der Waals surface area contributed by atoms with Gasteiger partial charge in [-0.2, -0.15) is 0 Å². The molecule has 0 aliphatic heterocycles. The van der Waals surface area contributed by atoms with Gasteiger partial charge < -0.3 is 10.1 Å². The molecule has 1 amide bonds. The number of para-hydroxylation sites is 1. The van der Waals surface area contributed by atoms with Gasteiger partial charge in [-0.25, -0.2) is 4.39 Å². The number of ether oxygens (including phenoxy) is 1. The van der Waals surface area contributed by atoms with Crippen LogP contribution in [0.5, 0.6) is 5.75 Å². The Bertz CT molecular complexity index is 618. The minimum Gasteiger partial charge on any atom is -0.478 e. The van der Waals surface area contributed by atoms with Crippen LogP contribution in [0.15, 0.2) is 48.5 Å². The molecular weight excluding hydrogens is 281 g/mol. The molecule has 20 heavy (non-hydrogen) atoms. The van der Waals surface area contributed by atoms with Crippen molar-refractivity contribution in [3.05, 3.63) is 59.4 Å². The molecule has 0 aromatic heterocycles. The van der Waals surface area contributed by atoms with Crippen molar-refractivity contribution in [3.63, 3.8) is 0 Å². The number of rotatable bonds is 4. The van der Waals surface area contributed by atoms with Gasteiger partial charge in [0, 0.05) is 10.7 Å². The molecule has 0 aliphatic carbocycles. The smallest absolute Gasteiger partial charge is 0.265 e. The van der Waals surface area contributed by atoms with Crippen molar-refractivity contribution in [1.29, 1.82) is 0 Å². The van der Waals surface area contributed by atoms with Crippen LogP contribution in [0.1, 0.15) is 6.92 Å². The summed E-state index contributed by atoms with van der Waals surface area (Å²) in [5.41, 5.74) is 0.562. The molecule has 0 aliphatic rings. The highest BCUT2D eigenvalue weighted by atomic mass is 35.5. The molecule has 0 unspecified atom stereocenters. The molecule has 1 atom stereocenters. The first-order valence-corrected chi connectivity index (χ1v) is 6.41. The third-order valence-corrected chi connectivity index (χ3v) is 2.84. The summed E-state index contributed by atoms with van der Waals surface area (Å²) in [4.78, 5) is 11.9. The summed E-state index contributed by atoms with van der Waals surface area (Å²) >= 11 is 5.83. The molecule has 5 heteroatoms. The Morgan fingerprint density at radius 1 is 1.25 bits per heavy atom. The first-order chi connectivity index (χ1) is 9.56. The highest BCUT2D eigenvalue weighted by Crippen LogP contribution is 2.18. The summed E-state index contributed by atoms with van der Waals surface area (Å²) in [6.07, 6.45) is -0.828. The summed E-state index contributed by atoms with van der Waals surface area (Å²) in [6, 6.07) is 12.7. The lowest BCUT2D eigenvalue weighted by atomic mass is 10.3. The van der Waals surface area contributed by atoms with Crippen LogP contribution in [-0.2, 0) is 4.79 Å². The number of carbonyl (C=O) groups excluding carboxylic acids is 1. The van der Waals surface area contributed by atoms with E-state index in [9.17, 15) is 9.18 Å². The molecule has 2 aromatic rings. The van der Waals surface area contributed by atoms with Crippen LogP contribution < -0.4 is 10.1 Å². The van der Waals surface area contributed by atoms with Gasteiger partial charge in [-0.1, -0.05) is 29.8 Å². The molecule has 2 rings (SSSR count). The number of amides is 1. The van der Waals surface area contributed by atoms with Crippen LogP contribution >= 0.6 is 11.6 Å². The summed E-state index contributed by atoms with van der Waals surface area (Å²) in [5.74, 6) is -0.841. The number of anilines is 1. The van der Waals surface area contributed by atoms with Gasteiger partial charge in [-0.05, 0) is 37.3 Å². The maximum Gasteiger partial charge on any atom is 0.265 e. The lowest BCUT2D eigenvalue weighted by Gasteiger charge is -2.15. The van der Waals surface area contributed by atoms with Crippen molar-refractivity contribution in [2.75, 3.05) is 5.32 Å². The minimum absolute atomic E-state index is 0.0428. The molecule has 0 heterocycles. The maximum absolute atomic E-state index is 13.4. The van der Waals surface area contributed by atoms with E-state index in [1.54, 1.807) is 43.3 Å². The van der Waals surface area contributed by atoms with E-state index in [0.717, 1.165) is 0 Å². The van der Waals surface area contributed by atoms with E-state index >= 15 is 0 Å². The quantitative estimate of drug-likeness (QED) is 0.929. The van der Waals surface area contributed by atoms with E-state index in [2.05, 4.69) is 5.32 Å². The van der Waals surface area contributed by atoms with Gasteiger partial charge in [0.1, 0.15) is 0 Å². The van der Waals surface area contributed by atoms with Gasteiger partial charge in [-0.3, -0.25) is 4.79 Å². The largest absolute Gasteiger partial charge is 0.478 e. The molecule has 0 bridgehead atoms. The second-order valence-corrected chi connectivity index (χ2v) is 4.63. The summed E-state index contributed by atoms with van der Waals surface area (Å²) in [7, 11) is 0. The number of benzene rings is 2. The number of halogens is 2. The highest BCUT2D eigenvalue weighted by Gasteiger charge is 2.16. The Morgan fingerprint density at radius 2 is 2.00 bits per heavy atom. The standard InChI is InChI=1S/C15H13ClFNO2/c1-10(20-14-8-3-2-7-13(14)17)15(19)18-12-6-4-5-11(16)9-12/h2-10H,1H3,(H,18,19)/t10-/m0/s1. The Morgan fingerprint density at radius 3 is 2.70 bits per heavy atom. The zero-order valence-electron chi connectivity index (χ0n) is 10.8.